The molecule has 5 atom stereocenters. The van der Waals surface area contributed by atoms with E-state index in [1.165, 1.54) is 51.4 Å². The van der Waals surface area contributed by atoms with Crippen LogP contribution in [0.5, 0.6) is 0 Å². The molecule has 4 N–H and O–H groups in total. The lowest BCUT2D eigenvalue weighted by molar-refractivity contribution is -0.161. The van der Waals surface area contributed by atoms with E-state index in [1.54, 1.807) is 0 Å². The topological polar surface area (TPSA) is 231 Å². The SMILES string of the molecule is CC/C=C\C/C=C\C/C=C\C/C=C\CCCCCCCCC(=O)OCC(COP(=O)(O)OCC(O)COP(=O)(O)OCC(O)COC(=O)CCCCCCCCCCC/C=C\C/C=C\C/C=C\C/C=C\CCCCC)OC(=O)CCCCCC/C=C\C/C=C\C/C=C\C/C=C\CC. The predicted octanol–water partition coefficient (Wildman–Crippen LogP) is 21.3. The van der Waals surface area contributed by atoms with Crippen LogP contribution in [0.4, 0.5) is 0 Å². The molecule has 0 aliphatic heterocycles. The zero-order valence-electron chi connectivity index (χ0n) is 60.2. The predicted molar refractivity (Wildman–Crippen MR) is 399 cm³/mol. The molecular formula is C79H132O16P2. The first-order chi connectivity index (χ1) is 47.2. The summed E-state index contributed by atoms with van der Waals surface area (Å²) in [4.78, 5) is 58.6. The van der Waals surface area contributed by atoms with E-state index in [-0.39, 0.29) is 19.3 Å². The second-order valence-electron chi connectivity index (χ2n) is 24.3. The van der Waals surface area contributed by atoms with Crippen LogP contribution in [0, 0.1) is 0 Å². The molecule has 0 saturated heterocycles. The molecule has 0 aromatic carbocycles. The number of allylic oxidation sites excluding steroid dienone is 24. The van der Waals surface area contributed by atoms with E-state index >= 15 is 0 Å². The maximum Gasteiger partial charge on any atom is 0.472 e. The van der Waals surface area contributed by atoms with E-state index in [4.69, 9.17) is 32.3 Å². The van der Waals surface area contributed by atoms with E-state index in [0.29, 0.717) is 19.3 Å². The van der Waals surface area contributed by atoms with Crippen molar-refractivity contribution in [1.82, 2.24) is 0 Å². The molecule has 0 radical (unpaired) electrons. The molecule has 0 aromatic rings. The molecule has 0 aliphatic rings. The van der Waals surface area contributed by atoms with Crippen molar-refractivity contribution in [1.29, 1.82) is 0 Å². The summed E-state index contributed by atoms with van der Waals surface area (Å²) in [6.07, 6.45) is 86.0. The highest BCUT2D eigenvalue weighted by atomic mass is 31.2. The molecule has 0 fully saturated rings. The monoisotopic (exact) mass is 1400 g/mol. The molecule has 0 aliphatic carbocycles. The molecule has 0 rings (SSSR count). The standard InChI is InChI=1S/C79H132O16P2/c1-4-7-10-13-16-19-22-25-28-31-33-34-35-36-37-38-40-43-44-47-50-53-56-59-62-65-77(82)89-68-74(80)69-91-96(85,86)92-70-75(81)71-93-97(87,88)94-73-76(95-79(84)67-64-61-58-55-52-49-46-41-30-27-24-21-18-15-12-9-6-3)72-90-78(83)66-63-60-57-54-51-48-45-42-39-32-29-26-23-20-17-14-11-8-5-2/h8-9,11-12,16-21,25-30,33-34,36-37,39,42,46,49,74-76,80-81H,4-7,10,13-15,22-24,31-32,35,38,40-41,43-45,47-48,50-73H2,1-3H3,(H,85,86)(H,87,88)/b11-8-,12-9-,19-16-,20-17-,21-18-,28-25-,29-26-,30-27-,34-33-,37-36-,42-39-,49-46-. The van der Waals surface area contributed by atoms with Crippen molar-refractivity contribution in [2.75, 3.05) is 39.6 Å². The first-order valence-corrected chi connectivity index (χ1v) is 40.1. The molecule has 0 spiro atoms. The second-order valence-corrected chi connectivity index (χ2v) is 27.2. The largest absolute Gasteiger partial charge is 0.472 e. The number of esters is 3. The number of unbranched alkanes of at least 4 members (excludes halogenated alkanes) is 22. The fraction of sp³-hybridized carbons (Fsp3) is 0.658. The van der Waals surface area contributed by atoms with E-state index in [1.807, 2.05) is 0 Å². The number of carbonyl (C=O) groups is 3. The molecule has 18 heteroatoms. The summed E-state index contributed by atoms with van der Waals surface area (Å²) < 4.78 is 61.0. The van der Waals surface area contributed by atoms with Gasteiger partial charge in [0, 0.05) is 19.3 Å². The minimum absolute atomic E-state index is 0.0682. The summed E-state index contributed by atoms with van der Waals surface area (Å²) in [5.41, 5.74) is 0. The Kier molecular flexibility index (Phi) is 67.9. The van der Waals surface area contributed by atoms with Crippen molar-refractivity contribution in [3.05, 3.63) is 146 Å². The van der Waals surface area contributed by atoms with Crippen molar-refractivity contribution in [2.24, 2.45) is 0 Å². The summed E-state index contributed by atoms with van der Waals surface area (Å²) in [5.74, 6) is -1.63. The van der Waals surface area contributed by atoms with Crippen LogP contribution >= 0.6 is 15.6 Å². The van der Waals surface area contributed by atoms with Crippen LogP contribution in [0.25, 0.3) is 0 Å². The Labute approximate surface area is 587 Å². The van der Waals surface area contributed by atoms with Gasteiger partial charge in [0.05, 0.1) is 26.4 Å². The molecule has 16 nitrogen and oxygen atoms in total. The molecule has 0 bridgehead atoms. The average Bonchev–Trinajstić information content (AvgIpc) is 2.14. The zero-order valence-corrected chi connectivity index (χ0v) is 62.0. The number of aliphatic hydroxyl groups excluding tert-OH is 2. The van der Waals surface area contributed by atoms with E-state index < -0.39 is 91.5 Å². The van der Waals surface area contributed by atoms with Gasteiger partial charge < -0.3 is 34.2 Å². The number of carbonyl (C=O) groups excluding carboxylic acids is 3. The van der Waals surface area contributed by atoms with E-state index in [9.17, 15) is 43.5 Å². The molecule has 0 amide bonds. The third-order valence-electron chi connectivity index (χ3n) is 15.0. The minimum Gasteiger partial charge on any atom is -0.463 e. The van der Waals surface area contributed by atoms with Crippen LogP contribution in [0.2, 0.25) is 0 Å². The maximum absolute atomic E-state index is 13.0. The van der Waals surface area contributed by atoms with Crippen molar-refractivity contribution in [2.45, 2.75) is 296 Å². The van der Waals surface area contributed by atoms with Gasteiger partial charge in [-0.05, 0) is 141 Å². The molecule has 554 valence electrons. The van der Waals surface area contributed by atoms with Crippen LogP contribution in [0.1, 0.15) is 278 Å². The van der Waals surface area contributed by atoms with Crippen molar-refractivity contribution in [3.63, 3.8) is 0 Å². The Hall–Kier alpha value is -4.57. The summed E-state index contributed by atoms with van der Waals surface area (Å²) in [6.45, 7) is 2.36. The molecule has 0 saturated carbocycles. The Balaban J connectivity index is 4.66. The molecule has 0 aromatic heterocycles. The number of hydrogen-bond acceptors (Lipinski definition) is 14. The maximum atomic E-state index is 13.0. The molecular weight excluding hydrogens is 1270 g/mol. The first kappa shape index (κ1) is 92.4. The second kappa shape index (κ2) is 71.3. The van der Waals surface area contributed by atoms with Gasteiger partial charge in [0.2, 0.25) is 0 Å². The van der Waals surface area contributed by atoms with Gasteiger partial charge >= 0.3 is 33.6 Å². The van der Waals surface area contributed by atoms with Gasteiger partial charge in [-0.1, -0.05) is 263 Å². The van der Waals surface area contributed by atoms with Gasteiger partial charge in [-0.15, -0.1) is 0 Å². The Morgan fingerprint density at radius 1 is 0.299 bits per heavy atom. The number of phosphoric acid groups is 2. The van der Waals surface area contributed by atoms with Crippen LogP contribution in [-0.4, -0.2) is 95.9 Å². The smallest absolute Gasteiger partial charge is 0.463 e. The summed E-state index contributed by atoms with van der Waals surface area (Å²) in [5, 5.41) is 20.6. The van der Waals surface area contributed by atoms with Crippen LogP contribution in [-0.2, 0) is 55.8 Å². The summed E-state index contributed by atoms with van der Waals surface area (Å²) in [7, 11) is -9.81. The van der Waals surface area contributed by atoms with Gasteiger partial charge in [0.25, 0.3) is 0 Å². The minimum atomic E-state index is -4.94. The van der Waals surface area contributed by atoms with Crippen molar-refractivity contribution >= 4 is 33.6 Å². The number of phosphoric ester groups is 2. The van der Waals surface area contributed by atoms with Gasteiger partial charge in [-0.3, -0.25) is 32.5 Å². The van der Waals surface area contributed by atoms with E-state index in [0.717, 1.165) is 167 Å². The average molecular weight is 1400 g/mol. The fourth-order valence-corrected chi connectivity index (χ4v) is 11.0. The Bertz CT molecular complexity index is 2350. The molecule has 97 heavy (non-hydrogen) atoms. The highest BCUT2D eigenvalue weighted by Gasteiger charge is 2.29. The fourth-order valence-electron chi connectivity index (χ4n) is 9.42. The Morgan fingerprint density at radius 2 is 0.546 bits per heavy atom. The normalized spacial score (nSPS) is 14.9. The number of rotatable bonds is 69. The first-order valence-electron chi connectivity index (χ1n) is 37.1. The third-order valence-corrected chi connectivity index (χ3v) is 16.9. The molecule has 5 unspecified atom stereocenters. The van der Waals surface area contributed by atoms with Crippen LogP contribution < -0.4 is 0 Å². The summed E-state index contributed by atoms with van der Waals surface area (Å²) in [6, 6.07) is 0. The number of aliphatic hydroxyl groups is 2. The quantitative estimate of drug-likeness (QED) is 0.0146. The van der Waals surface area contributed by atoms with Gasteiger partial charge in [0.15, 0.2) is 6.10 Å². The molecule has 0 heterocycles. The highest BCUT2D eigenvalue weighted by Crippen LogP contribution is 2.45. The zero-order chi connectivity index (χ0) is 70.9. The van der Waals surface area contributed by atoms with Crippen molar-refractivity contribution in [3.8, 4) is 0 Å². The van der Waals surface area contributed by atoms with Crippen LogP contribution in [0.15, 0.2) is 146 Å². The van der Waals surface area contributed by atoms with Crippen molar-refractivity contribution < 1.29 is 75.8 Å². The number of ether oxygens (including phenoxy) is 3. The summed E-state index contributed by atoms with van der Waals surface area (Å²) >= 11 is 0. The van der Waals surface area contributed by atoms with E-state index in [2.05, 4.69) is 167 Å². The van der Waals surface area contributed by atoms with Gasteiger partial charge in [0.1, 0.15) is 25.4 Å². The van der Waals surface area contributed by atoms with Gasteiger partial charge in [-0.25, -0.2) is 9.13 Å². The number of hydrogen-bond donors (Lipinski definition) is 4. The Morgan fingerprint density at radius 3 is 0.866 bits per heavy atom. The highest BCUT2D eigenvalue weighted by molar-refractivity contribution is 7.47. The van der Waals surface area contributed by atoms with Gasteiger partial charge in [-0.2, -0.15) is 0 Å². The lowest BCUT2D eigenvalue weighted by atomic mass is 10.1. The third kappa shape index (κ3) is 72.5. The lowest BCUT2D eigenvalue weighted by Crippen LogP contribution is -2.30. The van der Waals surface area contributed by atoms with Crippen LogP contribution in [0.3, 0.4) is 0 Å². The lowest BCUT2D eigenvalue weighted by Gasteiger charge is -2.21.